The smallest absolute Gasteiger partial charge is 0.251 e. The fourth-order valence-corrected chi connectivity index (χ4v) is 4.40. The van der Waals surface area contributed by atoms with Crippen LogP contribution in [0.2, 0.25) is 0 Å². The molecule has 6 nitrogen and oxygen atoms in total. The van der Waals surface area contributed by atoms with E-state index in [1.807, 2.05) is 0 Å². The van der Waals surface area contributed by atoms with Crippen molar-refractivity contribution < 1.29 is 17.9 Å². The number of nitrogens with one attached hydrogen (secondary N) is 1. The van der Waals surface area contributed by atoms with Crippen LogP contribution in [-0.4, -0.2) is 45.9 Å². The second-order valence-electron chi connectivity index (χ2n) is 5.64. The van der Waals surface area contributed by atoms with E-state index in [2.05, 4.69) is 5.32 Å². The van der Waals surface area contributed by atoms with Gasteiger partial charge in [-0.3, -0.25) is 9.10 Å². The molecule has 2 aliphatic rings. The fraction of sp³-hybridized carbons (Fsp3) is 0.533. The fourth-order valence-electron chi connectivity index (χ4n) is 2.85. The number of carbonyl (C=O) groups excluding carboxylic acids is 1. The van der Waals surface area contributed by atoms with Crippen molar-refractivity contribution in [2.45, 2.75) is 25.4 Å². The first kappa shape index (κ1) is 15.3. The van der Waals surface area contributed by atoms with Crippen molar-refractivity contribution in [2.24, 2.45) is 0 Å². The molecule has 22 heavy (non-hydrogen) atoms. The van der Waals surface area contributed by atoms with Crippen LogP contribution in [0.3, 0.4) is 0 Å². The van der Waals surface area contributed by atoms with Crippen LogP contribution in [0.15, 0.2) is 24.3 Å². The van der Waals surface area contributed by atoms with Gasteiger partial charge >= 0.3 is 0 Å². The second-order valence-corrected chi connectivity index (χ2v) is 7.65. The Labute approximate surface area is 130 Å². The molecular weight excluding hydrogens is 304 g/mol. The summed E-state index contributed by atoms with van der Waals surface area (Å²) in [6.45, 7) is 1.72. The van der Waals surface area contributed by atoms with Gasteiger partial charge in [0.15, 0.2) is 0 Å². The highest BCUT2D eigenvalue weighted by Gasteiger charge is 2.28. The first-order valence-corrected chi connectivity index (χ1v) is 9.17. The molecule has 0 bridgehead atoms. The molecule has 2 aliphatic heterocycles. The molecule has 120 valence electrons. The lowest BCUT2D eigenvalue weighted by Gasteiger charge is -2.17. The summed E-state index contributed by atoms with van der Waals surface area (Å²) >= 11 is 0. The lowest BCUT2D eigenvalue weighted by atomic mass is 10.1. The molecule has 1 amide bonds. The molecular formula is C15H20N2O4S. The SMILES string of the molecule is O=C(NCC1CCCO1)c1cccc(N2CCCS2(=O)=O)c1. The number of ether oxygens (including phenoxy) is 1. The van der Waals surface area contributed by atoms with Crippen molar-refractivity contribution >= 4 is 21.6 Å². The van der Waals surface area contributed by atoms with Crippen molar-refractivity contribution in [2.75, 3.05) is 29.8 Å². The summed E-state index contributed by atoms with van der Waals surface area (Å²) in [5.74, 6) is -0.0310. The molecule has 1 aromatic carbocycles. The molecule has 2 heterocycles. The molecule has 1 unspecified atom stereocenters. The van der Waals surface area contributed by atoms with Crippen molar-refractivity contribution in [3.8, 4) is 0 Å². The van der Waals surface area contributed by atoms with Gasteiger partial charge in [0.1, 0.15) is 0 Å². The minimum absolute atomic E-state index is 0.0890. The van der Waals surface area contributed by atoms with E-state index in [0.717, 1.165) is 19.4 Å². The van der Waals surface area contributed by atoms with Gasteiger partial charge in [-0.15, -0.1) is 0 Å². The van der Waals surface area contributed by atoms with E-state index in [9.17, 15) is 13.2 Å². The molecule has 7 heteroatoms. The quantitative estimate of drug-likeness (QED) is 0.901. The summed E-state index contributed by atoms with van der Waals surface area (Å²) in [6.07, 6.45) is 2.71. The van der Waals surface area contributed by atoms with Crippen LogP contribution < -0.4 is 9.62 Å². The van der Waals surface area contributed by atoms with Crippen molar-refractivity contribution in [1.29, 1.82) is 0 Å². The standard InChI is InChI=1S/C15H20N2O4S/c18-15(16-11-14-6-2-8-21-14)12-4-1-5-13(10-12)17-7-3-9-22(17,19)20/h1,4-5,10,14H,2-3,6-9,11H2,(H,16,18). The number of carbonyl (C=O) groups is 1. The van der Waals surface area contributed by atoms with E-state index in [1.54, 1.807) is 24.3 Å². The molecule has 3 rings (SSSR count). The van der Waals surface area contributed by atoms with Crippen molar-refractivity contribution in [1.82, 2.24) is 5.32 Å². The predicted octanol–water partition coefficient (Wildman–Crippen LogP) is 1.14. The third kappa shape index (κ3) is 3.25. The molecule has 0 aliphatic carbocycles. The summed E-state index contributed by atoms with van der Waals surface area (Å²) in [7, 11) is -3.23. The van der Waals surface area contributed by atoms with Gasteiger partial charge in [-0.2, -0.15) is 0 Å². The second kappa shape index (κ2) is 6.26. The molecule has 0 aromatic heterocycles. The minimum atomic E-state index is -3.23. The van der Waals surface area contributed by atoms with Crippen LogP contribution in [0.5, 0.6) is 0 Å². The van der Waals surface area contributed by atoms with E-state index in [1.165, 1.54) is 4.31 Å². The normalized spacial score (nSPS) is 23.6. The monoisotopic (exact) mass is 324 g/mol. The number of hydrogen-bond acceptors (Lipinski definition) is 4. The average Bonchev–Trinajstić information content (AvgIpc) is 3.13. The third-order valence-corrected chi connectivity index (χ3v) is 5.88. The molecule has 1 atom stereocenters. The lowest BCUT2D eigenvalue weighted by molar-refractivity contribution is 0.0858. The zero-order valence-corrected chi connectivity index (χ0v) is 13.1. The van der Waals surface area contributed by atoms with Gasteiger partial charge in [0.25, 0.3) is 5.91 Å². The highest BCUT2D eigenvalue weighted by atomic mass is 32.2. The minimum Gasteiger partial charge on any atom is -0.376 e. The van der Waals surface area contributed by atoms with Crippen LogP contribution in [0.25, 0.3) is 0 Å². The summed E-state index contributed by atoms with van der Waals surface area (Å²) < 4.78 is 30.8. The van der Waals surface area contributed by atoms with Crippen LogP contribution in [0.4, 0.5) is 5.69 Å². The summed E-state index contributed by atoms with van der Waals surface area (Å²) in [6, 6.07) is 6.76. The third-order valence-electron chi connectivity index (χ3n) is 4.01. The van der Waals surface area contributed by atoms with E-state index >= 15 is 0 Å². The zero-order chi connectivity index (χ0) is 15.6. The molecule has 2 saturated heterocycles. The maximum Gasteiger partial charge on any atom is 0.251 e. The van der Waals surface area contributed by atoms with Crippen LogP contribution in [-0.2, 0) is 14.8 Å². The zero-order valence-electron chi connectivity index (χ0n) is 12.3. The number of hydrogen-bond donors (Lipinski definition) is 1. The highest BCUT2D eigenvalue weighted by Crippen LogP contribution is 2.24. The molecule has 0 radical (unpaired) electrons. The number of rotatable bonds is 4. The van der Waals surface area contributed by atoms with E-state index in [4.69, 9.17) is 4.74 Å². The van der Waals surface area contributed by atoms with Gasteiger partial charge < -0.3 is 10.1 Å². The van der Waals surface area contributed by atoms with E-state index in [0.29, 0.717) is 30.8 Å². The molecule has 2 fully saturated rings. The number of sulfonamides is 1. The van der Waals surface area contributed by atoms with Gasteiger partial charge in [-0.05, 0) is 37.5 Å². The Kier molecular flexibility index (Phi) is 4.35. The maximum absolute atomic E-state index is 12.2. The van der Waals surface area contributed by atoms with Crippen LogP contribution in [0.1, 0.15) is 29.6 Å². The first-order valence-electron chi connectivity index (χ1n) is 7.56. The van der Waals surface area contributed by atoms with E-state index in [-0.39, 0.29) is 17.8 Å². The Morgan fingerprint density at radius 2 is 2.23 bits per heavy atom. The number of nitrogens with zero attached hydrogens (tertiary/aromatic N) is 1. The van der Waals surface area contributed by atoms with Gasteiger partial charge in [-0.25, -0.2) is 8.42 Å². The summed E-state index contributed by atoms with van der Waals surface area (Å²) in [5, 5.41) is 2.85. The average molecular weight is 324 g/mol. The largest absolute Gasteiger partial charge is 0.376 e. The van der Waals surface area contributed by atoms with Crippen LogP contribution >= 0.6 is 0 Å². The number of anilines is 1. The molecule has 1 N–H and O–H groups in total. The summed E-state index contributed by atoms with van der Waals surface area (Å²) in [5.41, 5.74) is 1.03. The Morgan fingerprint density at radius 3 is 2.91 bits per heavy atom. The van der Waals surface area contributed by atoms with Crippen molar-refractivity contribution in [3.63, 3.8) is 0 Å². The number of benzene rings is 1. The van der Waals surface area contributed by atoms with Crippen molar-refractivity contribution in [3.05, 3.63) is 29.8 Å². The van der Waals surface area contributed by atoms with Gasteiger partial charge in [-0.1, -0.05) is 6.07 Å². The Bertz CT molecular complexity index is 653. The van der Waals surface area contributed by atoms with Gasteiger partial charge in [0.05, 0.1) is 17.5 Å². The number of amides is 1. The Morgan fingerprint density at radius 1 is 1.36 bits per heavy atom. The van der Waals surface area contributed by atoms with E-state index < -0.39 is 10.0 Å². The van der Waals surface area contributed by atoms with Crippen LogP contribution in [0, 0.1) is 0 Å². The molecule has 1 aromatic rings. The lowest BCUT2D eigenvalue weighted by Crippen LogP contribution is -2.32. The Balaban J connectivity index is 1.69. The van der Waals surface area contributed by atoms with Gasteiger partial charge in [0, 0.05) is 25.3 Å². The topological polar surface area (TPSA) is 75.7 Å². The summed E-state index contributed by atoms with van der Waals surface area (Å²) in [4.78, 5) is 12.2. The van der Waals surface area contributed by atoms with Gasteiger partial charge in [0.2, 0.25) is 10.0 Å². The highest BCUT2D eigenvalue weighted by molar-refractivity contribution is 7.93. The Hall–Kier alpha value is -1.60. The molecule has 0 spiro atoms. The maximum atomic E-state index is 12.2. The molecule has 0 saturated carbocycles. The predicted molar refractivity (Wildman–Crippen MR) is 83.5 cm³/mol. The first-order chi connectivity index (χ1) is 10.6.